The number of rotatable bonds is 4. The number of hydrogen-bond donors (Lipinski definition) is 2. The summed E-state index contributed by atoms with van der Waals surface area (Å²) in [5, 5.41) is 5.46. The van der Waals surface area contributed by atoms with Gasteiger partial charge in [0.05, 0.1) is 4.90 Å². The summed E-state index contributed by atoms with van der Waals surface area (Å²) in [4.78, 5) is 6.80. The number of nitrogens with one attached hydrogen (secondary N) is 2. The van der Waals surface area contributed by atoms with Crippen LogP contribution in [-0.4, -0.2) is 13.4 Å². The highest BCUT2D eigenvalue weighted by atomic mass is 32.2. The first kappa shape index (κ1) is 12.4. The van der Waals surface area contributed by atoms with Crippen molar-refractivity contribution in [1.82, 2.24) is 9.90 Å². The Morgan fingerprint density at radius 1 is 1.33 bits per heavy atom. The van der Waals surface area contributed by atoms with E-state index < -0.39 is 10.0 Å². The van der Waals surface area contributed by atoms with E-state index in [9.17, 15) is 8.42 Å². The second-order valence-corrected chi connectivity index (χ2v) is 5.71. The summed E-state index contributed by atoms with van der Waals surface area (Å²) in [6.07, 6.45) is 1.51. The van der Waals surface area contributed by atoms with Gasteiger partial charge in [-0.1, -0.05) is 0 Å². The largest absolute Gasteiger partial charge is 0.263 e. The molecule has 0 bridgehead atoms. The standard InChI is InChI=1S/C9H8N5O2S2/c10-14-12-7-1-3-8(4-2-7)18(15,16)13-9-11-5-6-17-9/h1-6,10H,(H,11,13)/q+1. The lowest BCUT2D eigenvalue weighted by atomic mass is 10.3. The maximum absolute atomic E-state index is 11.9. The maximum atomic E-state index is 11.9. The Bertz CT molecular complexity index is 672. The lowest BCUT2D eigenvalue weighted by Gasteiger charge is -2.04. The average molecular weight is 282 g/mol. The van der Waals surface area contributed by atoms with Gasteiger partial charge in [-0.15, -0.1) is 11.3 Å². The molecule has 2 N–H and O–H groups in total. The van der Waals surface area contributed by atoms with Crippen molar-refractivity contribution in [3.05, 3.63) is 35.8 Å². The monoisotopic (exact) mass is 282 g/mol. The number of aromatic nitrogens is 1. The molecule has 0 saturated heterocycles. The van der Waals surface area contributed by atoms with Crippen molar-refractivity contribution in [2.24, 2.45) is 5.11 Å². The molecule has 0 aliphatic carbocycles. The number of hydrogen-bond acceptors (Lipinski definition) is 6. The highest BCUT2D eigenvalue weighted by molar-refractivity contribution is 7.93. The number of benzene rings is 1. The Hall–Kier alpha value is -2.09. The molecule has 1 heterocycles. The Morgan fingerprint density at radius 2 is 2.06 bits per heavy atom. The molecule has 0 atom stereocenters. The molecule has 0 radical (unpaired) electrons. The van der Waals surface area contributed by atoms with Gasteiger partial charge in [-0.25, -0.2) is 13.4 Å². The topological polar surface area (TPSA) is 109 Å². The molecule has 1 aromatic heterocycles. The summed E-state index contributed by atoms with van der Waals surface area (Å²) in [5.74, 6) is 0. The molecule has 0 aliphatic rings. The zero-order chi connectivity index (χ0) is 13.0. The van der Waals surface area contributed by atoms with E-state index >= 15 is 0 Å². The van der Waals surface area contributed by atoms with Gasteiger partial charge in [0.25, 0.3) is 10.0 Å². The maximum Gasteiger partial charge on any atom is 0.263 e. The number of anilines is 1. The van der Waals surface area contributed by atoms with Crippen LogP contribution in [0.5, 0.6) is 0 Å². The van der Waals surface area contributed by atoms with Crippen LogP contribution in [-0.2, 0) is 10.0 Å². The second-order valence-electron chi connectivity index (χ2n) is 3.14. The van der Waals surface area contributed by atoms with Crippen LogP contribution in [0.15, 0.2) is 45.9 Å². The summed E-state index contributed by atoms with van der Waals surface area (Å²) in [5.41, 5.74) is 6.98. The van der Waals surface area contributed by atoms with E-state index in [1.54, 1.807) is 5.38 Å². The van der Waals surface area contributed by atoms with E-state index in [1.807, 2.05) is 0 Å². The SMILES string of the molecule is N=[N+]=Nc1ccc(S(=O)(=O)Nc2nccs2)cc1. The fraction of sp³-hybridized carbons (Fsp3) is 0. The highest BCUT2D eigenvalue weighted by Gasteiger charge is 2.15. The Morgan fingerprint density at radius 3 is 2.61 bits per heavy atom. The van der Waals surface area contributed by atoms with Gasteiger partial charge in [0.15, 0.2) is 15.9 Å². The zero-order valence-corrected chi connectivity index (χ0v) is 10.6. The molecule has 0 aliphatic heterocycles. The first-order valence-corrected chi connectivity index (χ1v) is 7.08. The molecular formula is C9H8N5O2S2+. The summed E-state index contributed by atoms with van der Waals surface area (Å²) in [6.45, 7) is 0. The van der Waals surface area contributed by atoms with Crippen LogP contribution in [0.25, 0.3) is 0 Å². The molecule has 9 heteroatoms. The molecule has 2 aromatic rings. The minimum atomic E-state index is -3.64. The Labute approximate surface area is 107 Å². The average Bonchev–Trinajstić information content (AvgIpc) is 2.82. The second kappa shape index (κ2) is 5.05. The van der Waals surface area contributed by atoms with E-state index in [4.69, 9.17) is 5.53 Å². The van der Waals surface area contributed by atoms with Crippen molar-refractivity contribution in [1.29, 1.82) is 5.53 Å². The van der Waals surface area contributed by atoms with Gasteiger partial charge in [-0.3, -0.25) is 4.72 Å². The van der Waals surface area contributed by atoms with E-state index in [0.717, 1.165) is 0 Å². The summed E-state index contributed by atoms with van der Waals surface area (Å²) < 4.78 is 26.2. The lowest BCUT2D eigenvalue weighted by molar-refractivity contribution is 0.601. The van der Waals surface area contributed by atoms with Gasteiger partial charge in [0.2, 0.25) is 4.91 Å². The van der Waals surface area contributed by atoms with Crippen molar-refractivity contribution >= 4 is 32.2 Å². The molecule has 18 heavy (non-hydrogen) atoms. The van der Waals surface area contributed by atoms with Crippen molar-refractivity contribution in [3.8, 4) is 0 Å². The van der Waals surface area contributed by atoms with Gasteiger partial charge >= 0.3 is 0 Å². The fourth-order valence-corrected chi connectivity index (χ4v) is 2.99. The molecule has 7 nitrogen and oxygen atoms in total. The van der Waals surface area contributed by atoms with Crippen LogP contribution in [0, 0.1) is 5.53 Å². The normalized spacial score (nSPS) is 10.7. The minimum absolute atomic E-state index is 0.0987. The first-order valence-electron chi connectivity index (χ1n) is 4.72. The molecule has 92 valence electrons. The van der Waals surface area contributed by atoms with E-state index in [0.29, 0.717) is 10.8 Å². The van der Waals surface area contributed by atoms with Crippen LogP contribution < -0.4 is 9.63 Å². The molecule has 0 unspecified atom stereocenters. The van der Waals surface area contributed by atoms with Crippen LogP contribution in [0.3, 0.4) is 0 Å². The molecule has 1 aromatic carbocycles. The third kappa shape index (κ3) is 2.77. The molecule has 0 saturated carbocycles. The Balaban J connectivity index is 2.27. The van der Waals surface area contributed by atoms with Crippen LogP contribution in [0.1, 0.15) is 0 Å². The molecule has 2 rings (SSSR count). The van der Waals surface area contributed by atoms with Crippen molar-refractivity contribution in [3.63, 3.8) is 0 Å². The third-order valence-electron chi connectivity index (χ3n) is 1.97. The summed E-state index contributed by atoms with van der Waals surface area (Å²) in [7, 11) is -3.64. The van der Waals surface area contributed by atoms with Gasteiger partial charge in [0.1, 0.15) is 5.53 Å². The van der Waals surface area contributed by atoms with Gasteiger partial charge < -0.3 is 0 Å². The van der Waals surface area contributed by atoms with E-state index in [2.05, 4.69) is 19.7 Å². The smallest absolute Gasteiger partial charge is 0.255 e. The van der Waals surface area contributed by atoms with Crippen LogP contribution >= 0.6 is 11.3 Å². The predicted octanol–water partition coefficient (Wildman–Crippen LogP) is 2.13. The minimum Gasteiger partial charge on any atom is -0.255 e. The number of sulfonamides is 1. The zero-order valence-electron chi connectivity index (χ0n) is 8.94. The molecule has 0 spiro atoms. The van der Waals surface area contributed by atoms with Gasteiger partial charge in [0, 0.05) is 11.6 Å². The molecule has 0 fully saturated rings. The lowest BCUT2D eigenvalue weighted by Crippen LogP contribution is -2.12. The summed E-state index contributed by atoms with van der Waals surface area (Å²) in [6, 6.07) is 5.71. The third-order valence-corrected chi connectivity index (χ3v) is 4.14. The van der Waals surface area contributed by atoms with E-state index in [1.165, 1.54) is 41.8 Å². The summed E-state index contributed by atoms with van der Waals surface area (Å²) >= 11 is 1.20. The predicted molar refractivity (Wildman–Crippen MR) is 66.3 cm³/mol. The van der Waals surface area contributed by atoms with Crippen molar-refractivity contribution < 1.29 is 8.42 Å². The number of thiazole rings is 1. The number of nitrogens with zero attached hydrogens (tertiary/aromatic N) is 3. The van der Waals surface area contributed by atoms with Crippen LogP contribution in [0.2, 0.25) is 0 Å². The van der Waals surface area contributed by atoms with Crippen molar-refractivity contribution in [2.45, 2.75) is 4.90 Å². The first-order chi connectivity index (χ1) is 8.62. The fourth-order valence-electron chi connectivity index (χ4n) is 1.20. The molecule has 0 amide bonds. The van der Waals surface area contributed by atoms with E-state index in [-0.39, 0.29) is 4.90 Å². The van der Waals surface area contributed by atoms with Gasteiger partial charge in [-0.05, 0) is 24.3 Å². The molecular weight excluding hydrogens is 274 g/mol. The van der Waals surface area contributed by atoms with Crippen LogP contribution in [0.4, 0.5) is 10.8 Å². The quantitative estimate of drug-likeness (QED) is 0.662. The van der Waals surface area contributed by atoms with Gasteiger partial charge in [-0.2, -0.15) is 0 Å². The van der Waals surface area contributed by atoms with Crippen molar-refractivity contribution in [2.75, 3.05) is 4.72 Å². The Kier molecular flexibility index (Phi) is 3.47. The highest BCUT2D eigenvalue weighted by Crippen LogP contribution is 2.20.